The maximum Gasteiger partial charge on any atom is 0.412 e. The van der Waals surface area contributed by atoms with E-state index in [1.54, 1.807) is 37.7 Å². The highest BCUT2D eigenvalue weighted by atomic mass is 35.5. The Morgan fingerprint density at radius 2 is 1.92 bits per heavy atom. The molecule has 0 aliphatic carbocycles. The van der Waals surface area contributed by atoms with Crippen molar-refractivity contribution in [1.82, 2.24) is 25.1 Å². The molecular formula is C26H33ClFN7O4. The quantitative estimate of drug-likeness (QED) is 0.309. The fraction of sp³-hybridized carbons (Fsp3) is 0.423. The molecule has 0 saturated carbocycles. The highest BCUT2D eigenvalue weighted by Crippen LogP contribution is 2.37. The average molecular weight is 564 g/mol. The fourth-order valence-electron chi connectivity index (χ4n) is 3.32. The second-order valence-electron chi connectivity index (χ2n) is 9.80. The van der Waals surface area contributed by atoms with Gasteiger partial charge in [0.2, 0.25) is 5.95 Å². The van der Waals surface area contributed by atoms with E-state index in [1.165, 1.54) is 32.4 Å². The van der Waals surface area contributed by atoms with Gasteiger partial charge in [0, 0.05) is 47.1 Å². The van der Waals surface area contributed by atoms with E-state index in [4.69, 9.17) is 19.1 Å². The van der Waals surface area contributed by atoms with Gasteiger partial charge in [0.1, 0.15) is 11.3 Å². The van der Waals surface area contributed by atoms with Gasteiger partial charge in [-0.25, -0.2) is 23.9 Å². The lowest BCUT2D eigenvalue weighted by molar-refractivity contribution is 0.0635. The molecule has 1 aromatic carbocycles. The first-order valence-electron chi connectivity index (χ1n) is 13.1. The molecule has 1 unspecified atom stereocenters. The van der Waals surface area contributed by atoms with E-state index < -0.39 is 36.1 Å². The van der Waals surface area contributed by atoms with E-state index >= 15 is 4.39 Å². The van der Waals surface area contributed by atoms with Crippen molar-refractivity contribution in [3.8, 4) is 22.5 Å². The third-order valence-corrected chi connectivity index (χ3v) is 5.26. The Hall–Kier alpha value is -3.93. The summed E-state index contributed by atoms with van der Waals surface area (Å²) in [4.78, 5) is 32.4. The maximum absolute atomic E-state index is 15.8. The summed E-state index contributed by atoms with van der Waals surface area (Å²) in [5, 5.41) is 12.0. The number of nitrogens with zero attached hydrogens (tertiary/aromatic N) is 4. The molecule has 13 heteroatoms. The van der Waals surface area contributed by atoms with Gasteiger partial charge in [0.05, 0.1) is 21.2 Å². The first kappa shape index (κ1) is 26.7. The van der Waals surface area contributed by atoms with Crippen LogP contribution in [0.2, 0.25) is 5.02 Å². The van der Waals surface area contributed by atoms with Gasteiger partial charge >= 0.3 is 12.2 Å². The van der Waals surface area contributed by atoms with Crippen LogP contribution in [0.15, 0.2) is 30.6 Å². The molecule has 0 aliphatic heterocycles. The second kappa shape index (κ2) is 12.3. The summed E-state index contributed by atoms with van der Waals surface area (Å²) in [5.41, 5.74) is -0.120. The first-order valence-corrected chi connectivity index (χ1v) is 12.4. The van der Waals surface area contributed by atoms with Crippen molar-refractivity contribution >= 4 is 35.4 Å². The van der Waals surface area contributed by atoms with Crippen LogP contribution in [0.25, 0.3) is 22.5 Å². The van der Waals surface area contributed by atoms with E-state index in [0.29, 0.717) is 11.3 Å². The summed E-state index contributed by atoms with van der Waals surface area (Å²) >= 11 is 6.32. The Morgan fingerprint density at radius 3 is 2.56 bits per heavy atom. The zero-order valence-electron chi connectivity index (χ0n) is 24.7. The predicted molar refractivity (Wildman–Crippen MR) is 147 cm³/mol. The SMILES string of the molecule is [2H]C([2H])(Nc1nccc(-c2cn(C(C)C)nc2-c2cc(Cl)cc(NC(=O)OC(C)(C)C)c2F)n1)C(C)NC(=O)OC. The summed E-state index contributed by atoms with van der Waals surface area (Å²) < 4.78 is 43.9. The molecule has 3 rings (SSSR count). The van der Waals surface area contributed by atoms with Crippen molar-refractivity contribution in [3.05, 3.63) is 41.4 Å². The number of amides is 2. The summed E-state index contributed by atoms with van der Waals surface area (Å²) in [5.74, 6) is -0.880. The van der Waals surface area contributed by atoms with Gasteiger partial charge in [0.25, 0.3) is 0 Å². The minimum Gasteiger partial charge on any atom is -0.453 e. The molecular weight excluding hydrogens is 529 g/mol. The average Bonchev–Trinajstić information content (AvgIpc) is 3.30. The van der Waals surface area contributed by atoms with Gasteiger partial charge in [-0.1, -0.05) is 11.6 Å². The Bertz CT molecular complexity index is 1430. The molecule has 0 spiro atoms. The molecule has 0 bridgehead atoms. The first-order chi connectivity index (χ1) is 19.0. The Balaban J connectivity index is 2.05. The molecule has 3 N–H and O–H groups in total. The van der Waals surface area contributed by atoms with Gasteiger partial charge in [-0.05, 0) is 59.7 Å². The standard InChI is InChI=1S/C26H33ClFN7O4/c1-14(2)35-13-18(19-8-9-29-23(32-19)30-12-15(3)31-24(36)38-7)22(34-35)17-10-16(27)11-20(21(17)28)33-25(37)39-26(4,5)6/h8-11,13-15H,12H2,1-7H3,(H,31,36)(H,33,37)(H,29,30,32)/i12D2. The van der Waals surface area contributed by atoms with Crippen molar-refractivity contribution < 1.29 is 26.2 Å². The monoisotopic (exact) mass is 563 g/mol. The van der Waals surface area contributed by atoms with Crippen molar-refractivity contribution in [2.75, 3.05) is 24.2 Å². The maximum atomic E-state index is 15.8. The highest BCUT2D eigenvalue weighted by Gasteiger charge is 2.24. The van der Waals surface area contributed by atoms with Crippen LogP contribution in [-0.4, -0.2) is 57.2 Å². The molecule has 210 valence electrons. The molecule has 11 nitrogen and oxygen atoms in total. The molecule has 0 fully saturated rings. The molecule has 1 atom stereocenters. The van der Waals surface area contributed by atoms with Crippen molar-refractivity contribution in [2.24, 2.45) is 0 Å². The highest BCUT2D eigenvalue weighted by molar-refractivity contribution is 6.31. The number of hydrogen-bond donors (Lipinski definition) is 3. The van der Waals surface area contributed by atoms with Crippen LogP contribution in [0.4, 0.5) is 25.6 Å². The van der Waals surface area contributed by atoms with Gasteiger partial charge < -0.3 is 20.1 Å². The minimum atomic E-state index is -2.17. The number of aromatic nitrogens is 4. The number of rotatable bonds is 8. The van der Waals surface area contributed by atoms with Gasteiger partial charge in [-0.15, -0.1) is 0 Å². The molecule has 3 aromatic rings. The van der Waals surface area contributed by atoms with Crippen LogP contribution >= 0.6 is 11.6 Å². The van der Waals surface area contributed by atoms with Crippen LogP contribution in [-0.2, 0) is 9.47 Å². The van der Waals surface area contributed by atoms with Gasteiger partial charge in [0.15, 0.2) is 5.82 Å². The van der Waals surface area contributed by atoms with E-state index in [9.17, 15) is 9.59 Å². The Morgan fingerprint density at radius 1 is 1.21 bits per heavy atom. The van der Waals surface area contributed by atoms with E-state index in [0.717, 1.165) is 0 Å². The molecule has 2 heterocycles. The number of benzene rings is 1. The number of hydrogen-bond acceptors (Lipinski definition) is 8. The lowest BCUT2D eigenvalue weighted by Gasteiger charge is -2.20. The van der Waals surface area contributed by atoms with E-state index in [-0.39, 0.29) is 34.0 Å². The lowest BCUT2D eigenvalue weighted by Crippen LogP contribution is -2.37. The number of carbonyl (C=O) groups excluding carboxylic acids is 2. The zero-order valence-corrected chi connectivity index (χ0v) is 23.5. The Kier molecular flexibility index (Phi) is 8.40. The normalized spacial score (nSPS) is 13.3. The third kappa shape index (κ3) is 8.03. The molecule has 0 aliphatic rings. The van der Waals surface area contributed by atoms with E-state index in [2.05, 4.69) is 35.8 Å². The molecule has 0 saturated heterocycles. The number of ether oxygens (including phenoxy) is 2. The fourth-order valence-corrected chi connectivity index (χ4v) is 3.54. The van der Waals surface area contributed by atoms with Crippen LogP contribution in [0.3, 0.4) is 0 Å². The predicted octanol–water partition coefficient (Wildman–Crippen LogP) is 5.88. The smallest absolute Gasteiger partial charge is 0.412 e. The number of nitrogens with one attached hydrogen (secondary N) is 3. The number of anilines is 2. The Labute approximate surface area is 234 Å². The summed E-state index contributed by atoms with van der Waals surface area (Å²) in [6.07, 6.45) is 1.42. The number of methoxy groups -OCH3 is 1. The van der Waals surface area contributed by atoms with Gasteiger partial charge in [-0.2, -0.15) is 5.10 Å². The molecule has 39 heavy (non-hydrogen) atoms. The molecule has 2 amide bonds. The van der Waals surface area contributed by atoms with Gasteiger partial charge in [-0.3, -0.25) is 10.00 Å². The number of halogens is 2. The summed E-state index contributed by atoms with van der Waals surface area (Å²) in [6.45, 7) is 8.11. The topological polar surface area (TPSA) is 132 Å². The zero-order chi connectivity index (χ0) is 30.7. The van der Waals surface area contributed by atoms with E-state index in [1.807, 2.05) is 13.8 Å². The lowest BCUT2D eigenvalue weighted by atomic mass is 10.0. The third-order valence-electron chi connectivity index (χ3n) is 5.04. The van der Waals surface area contributed by atoms with Crippen molar-refractivity contribution in [1.29, 1.82) is 0 Å². The second-order valence-corrected chi connectivity index (χ2v) is 10.2. The minimum absolute atomic E-state index is 0.00249. The molecule has 2 aromatic heterocycles. The number of alkyl carbamates (subject to hydrolysis) is 1. The van der Waals surface area contributed by atoms with Crippen LogP contribution in [0.5, 0.6) is 0 Å². The van der Waals surface area contributed by atoms with Crippen LogP contribution < -0.4 is 16.0 Å². The van der Waals surface area contributed by atoms with Crippen molar-refractivity contribution in [3.63, 3.8) is 0 Å². The largest absolute Gasteiger partial charge is 0.453 e. The van der Waals surface area contributed by atoms with Crippen LogP contribution in [0, 0.1) is 5.82 Å². The van der Waals surface area contributed by atoms with Crippen LogP contribution in [0.1, 0.15) is 50.3 Å². The summed E-state index contributed by atoms with van der Waals surface area (Å²) in [6, 6.07) is 3.08. The summed E-state index contributed by atoms with van der Waals surface area (Å²) in [7, 11) is 1.17. The number of carbonyl (C=O) groups is 2. The molecule has 0 radical (unpaired) electrons. The van der Waals surface area contributed by atoms with Crippen molar-refractivity contribution in [2.45, 2.75) is 59.2 Å².